The summed E-state index contributed by atoms with van der Waals surface area (Å²) in [5, 5.41) is 0.475. The molecule has 10 heteroatoms. The first kappa shape index (κ1) is 23.1. The van der Waals surface area contributed by atoms with Crippen LogP contribution in [0.25, 0.3) is 0 Å². The van der Waals surface area contributed by atoms with Crippen molar-refractivity contribution < 1.29 is 28.7 Å². The molecule has 1 saturated heterocycles. The summed E-state index contributed by atoms with van der Waals surface area (Å²) in [6.45, 7) is 1.80. The highest BCUT2D eigenvalue weighted by Gasteiger charge is 2.37. The van der Waals surface area contributed by atoms with Crippen LogP contribution in [0.2, 0.25) is 5.02 Å². The number of carbonyl (C=O) groups is 4. The highest BCUT2D eigenvalue weighted by atomic mass is 35.5. The van der Waals surface area contributed by atoms with Gasteiger partial charge in [0.2, 0.25) is 5.91 Å². The van der Waals surface area contributed by atoms with Gasteiger partial charge in [-0.25, -0.2) is 0 Å². The fraction of sp³-hybridized carbons (Fsp3) is 0.273. The minimum absolute atomic E-state index is 0.0335. The van der Waals surface area contributed by atoms with Crippen LogP contribution < -0.4 is 20.5 Å². The molecule has 2 aromatic rings. The number of nitrogens with zero attached hydrogens (tertiary/aromatic N) is 1. The van der Waals surface area contributed by atoms with Gasteiger partial charge in [-0.3, -0.25) is 30.0 Å². The van der Waals surface area contributed by atoms with Gasteiger partial charge >= 0.3 is 5.97 Å². The molecule has 2 N–H and O–H groups in total. The molecule has 0 aliphatic carbocycles. The Labute approximate surface area is 189 Å². The predicted octanol–water partition coefficient (Wildman–Crippen LogP) is 2.10. The van der Waals surface area contributed by atoms with E-state index in [-0.39, 0.29) is 18.9 Å². The maximum atomic E-state index is 12.4. The average Bonchev–Trinajstić information content (AvgIpc) is 3.18. The van der Waals surface area contributed by atoms with E-state index >= 15 is 0 Å². The van der Waals surface area contributed by atoms with E-state index in [9.17, 15) is 19.2 Å². The van der Waals surface area contributed by atoms with Crippen LogP contribution in [0.4, 0.5) is 5.69 Å². The Morgan fingerprint density at radius 1 is 1.09 bits per heavy atom. The van der Waals surface area contributed by atoms with E-state index in [0.717, 1.165) is 0 Å². The number of hydrazine groups is 1. The minimum atomic E-state index is -0.719. The number of anilines is 1. The standard InChI is InChI=1S/C22H22ClN3O6/c1-2-31-18-6-4-3-5-17(18)26-12-15(11-20(26)28)22(30)32-13-19(27)24-25-21(29)14-7-9-16(23)10-8-14/h3-10,15H,2,11-13H2,1H3,(H,24,27)(H,25,29)/t15-/m1/s1. The lowest BCUT2D eigenvalue weighted by atomic mass is 10.1. The number of nitrogens with one attached hydrogen (secondary N) is 2. The number of ether oxygens (including phenoxy) is 2. The lowest BCUT2D eigenvalue weighted by Crippen LogP contribution is -2.43. The number of esters is 1. The summed E-state index contributed by atoms with van der Waals surface area (Å²) in [4.78, 5) is 50.1. The molecule has 1 heterocycles. The molecule has 1 atom stereocenters. The SMILES string of the molecule is CCOc1ccccc1N1C[C@H](C(=O)OCC(=O)NNC(=O)c2ccc(Cl)cc2)CC1=O. The van der Waals surface area contributed by atoms with Crippen molar-refractivity contribution in [1.29, 1.82) is 0 Å². The second-order valence-corrected chi connectivity index (χ2v) is 7.36. The van der Waals surface area contributed by atoms with Crippen molar-refractivity contribution in [2.75, 3.05) is 24.7 Å². The van der Waals surface area contributed by atoms with E-state index < -0.39 is 30.3 Å². The normalized spacial score (nSPS) is 15.2. The lowest BCUT2D eigenvalue weighted by Gasteiger charge is -2.19. The Kier molecular flexibility index (Phi) is 7.67. The summed E-state index contributed by atoms with van der Waals surface area (Å²) in [6, 6.07) is 13.1. The highest BCUT2D eigenvalue weighted by Crippen LogP contribution is 2.33. The molecule has 168 valence electrons. The topological polar surface area (TPSA) is 114 Å². The molecule has 3 rings (SSSR count). The molecule has 0 saturated carbocycles. The minimum Gasteiger partial charge on any atom is -0.492 e. The number of amides is 3. The summed E-state index contributed by atoms with van der Waals surface area (Å²) in [5.74, 6) is -2.34. The van der Waals surface area contributed by atoms with E-state index in [1.807, 2.05) is 6.92 Å². The Morgan fingerprint density at radius 2 is 1.81 bits per heavy atom. The molecule has 9 nitrogen and oxygen atoms in total. The third kappa shape index (κ3) is 5.76. The van der Waals surface area contributed by atoms with Crippen LogP contribution in [0.3, 0.4) is 0 Å². The van der Waals surface area contributed by atoms with Gasteiger partial charge in [0.25, 0.3) is 11.8 Å². The van der Waals surface area contributed by atoms with Crippen LogP contribution in [0.15, 0.2) is 48.5 Å². The Bertz CT molecular complexity index is 1010. The van der Waals surface area contributed by atoms with Crippen LogP contribution >= 0.6 is 11.6 Å². The molecule has 0 radical (unpaired) electrons. The van der Waals surface area contributed by atoms with Crippen molar-refractivity contribution in [3.05, 3.63) is 59.1 Å². The second kappa shape index (κ2) is 10.6. The van der Waals surface area contributed by atoms with E-state index in [1.165, 1.54) is 17.0 Å². The van der Waals surface area contributed by atoms with Crippen LogP contribution in [-0.4, -0.2) is 43.4 Å². The summed E-state index contributed by atoms with van der Waals surface area (Å²) in [5.41, 5.74) is 5.26. The number of hydrogen-bond donors (Lipinski definition) is 2. The Morgan fingerprint density at radius 3 is 2.53 bits per heavy atom. The monoisotopic (exact) mass is 459 g/mol. The number of benzene rings is 2. The fourth-order valence-electron chi connectivity index (χ4n) is 3.15. The number of para-hydroxylation sites is 2. The molecule has 1 aliphatic heterocycles. The molecular formula is C22H22ClN3O6. The van der Waals surface area contributed by atoms with Gasteiger partial charge in [0, 0.05) is 23.6 Å². The van der Waals surface area contributed by atoms with Crippen molar-refractivity contribution in [3.8, 4) is 5.75 Å². The number of rotatable bonds is 7. The van der Waals surface area contributed by atoms with Gasteiger partial charge < -0.3 is 14.4 Å². The van der Waals surface area contributed by atoms with Crippen molar-refractivity contribution >= 4 is 41.0 Å². The third-order valence-corrected chi connectivity index (χ3v) is 4.93. The average molecular weight is 460 g/mol. The predicted molar refractivity (Wildman–Crippen MR) is 116 cm³/mol. The third-order valence-electron chi connectivity index (χ3n) is 4.68. The van der Waals surface area contributed by atoms with Crippen molar-refractivity contribution in [1.82, 2.24) is 10.9 Å². The van der Waals surface area contributed by atoms with Crippen LogP contribution in [-0.2, 0) is 19.1 Å². The summed E-state index contributed by atoms with van der Waals surface area (Å²) >= 11 is 5.76. The smallest absolute Gasteiger partial charge is 0.311 e. The zero-order valence-corrected chi connectivity index (χ0v) is 18.1. The molecule has 1 fully saturated rings. The van der Waals surface area contributed by atoms with E-state index in [1.54, 1.807) is 36.4 Å². The summed E-state index contributed by atoms with van der Waals surface area (Å²) in [7, 11) is 0. The fourth-order valence-corrected chi connectivity index (χ4v) is 3.27. The Hall–Kier alpha value is -3.59. The van der Waals surface area contributed by atoms with Gasteiger partial charge in [-0.2, -0.15) is 0 Å². The largest absolute Gasteiger partial charge is 0.492 e. The van der Waals surface area contributed by atoms with Crippen LogP contribution in [0.1, 0.15) is 23.7 Å². The molecular weight excluding hydrogens is 438 g/mol. The number of hydrogen-bond acceptors (Lipinski definition) is 6. The quantitative estimate of drug-likeness (QED) is 0.484. The van der Waals surface area contributed by atoms with Crippen molar-refractivity contribution in [3.63, 3.8) is 0 Å². The molecule has 0 aromatic heterocycles. The van der Waals surface area contributed by atoms with Crippen molar-refractivity contribution in [2.24, 2.45) is 5.92 Å². The zero-order chi connectivity index (χ0) is 23.1. The first-order valence-corrected chi connectivity index (χ1v) is 10.3. The molecule has 1 aliphatic rings. The van der Waals surface area contributed by atoms with E-state index in [0.29, 0.717) is 28.6 Å². The lowest BCUT2D eigenvalue weighted by molar-refractivity contribution is -0.152. The van der Waals surface area contributed by atoms with Gasteiger partial charge in [0.05, 0.1) is 18.2 Å². The number of carbonyl (C=O) groups excluding carboxylic acids is 4. The molecule has 0 unspecified atom stereocenters. The number of halogens is 1. The summed E-state index contributed by atoms with van der Waals surface area (Å²) in [6.07, 6.45) is -0.0335. The van der Waals surface area contributed by atoms with Crippen molar-refractivity contribution in [2.45, 2.75) is 13.3 Å². The molecule has 0 bridgehead atoms. The van der Waals surface area contributed by atoms with Crippen LogP contribution in [0.5, 0.6) is 5.75 Å². The zero-order valence-electron chi connectivity index (χ0n) is 17.3. The first-order chi connectivity index (χ1) is 15.4. The van der Waals surface area contributed by atoms with Crippen LogP contribution in [0, 0.1) is 5.92 Å². The van der Waals surface area contributed by atoms with Gasteiger partial charge in [0.15, 0.2) is 6.61 Å². The Balaban J connectivity index is 1.48. The van der Waals surface area contributed by atoms with Gasteiger partial charge in [-0.05, 0) is 43.3 Å². The first-order valence-electron chi connectivity index (χ1n) is 9.92. The van der Waals surface area contributed by atoms with Gasteiger partial charge in [-0.15, -0.1) is 0 Å². The summed E-state index contributed by atoms with van der Waals surface area (Å²) < 4.78 is 10.6. The van der Waals surface area contributed by atoms with E-state index in [2.05, 4.69) is 10.9 Å². The van der Waals surface area contributed by atoms with E-state index in [4.69, 9.17) is 21.1 Å². The maximum Gasteiger partial charge on any atom is 0.311 e. The second-order valence-electron chi connectivity index (χ2n) is 6.92. The molecule has 3 amide bonds. The highest BCUT2D eigenvalue weighted by molar-refractivity contribution is 6.30. The molecule has 2 aromatic carbocycles. The van der Waals surface area contributed by atoms with Gasteiger partial charge in [-0.1, -0.05) is 23.7 Å². The molecule has 32 heavy (non-hydrogen) atoms. The molecule has 0 spiro atoms. The maximum absolute atomic E-state index is 12.4. The van der Waals surface area contributed by atoms with Gasteiger partial charge in [0.1, 0.15) is 5.75 Å².